The molecule has 1 N–H and O–H groups in total. The van der Waals surface area contributed by atoms with E-state index in [9.17, 15) is 0 Å². The molecule has 0 atom stereocenters. The Balaban J connectivity index is 1.71. The first kappa shape index (κ1) is 12.2. The van der Waals surface area contributed by atoms with Crippen molar-refractivity contribution < 1.29 is 4.74 Å². The van der Waals surface area contributed by atoms with Gasteiger partial charge in [-0.2, -0.15) is 0 Å². The van der Waals surface area contributed by atoms with Crippen molar-refractivity contribution in [2.24, 2.45) is 0 Å². The Morgan fingerprint density at radius 1 is 1.37 bits per heavy atom. The van der Waals surface area contributed by atoms with E-state index >= 15 is 0 Å². The predicted molar refractivity (Wildman–Crippen MR) is 74.1 cm³/mol. The number of H-pyrrole nitrogens is 1. The van der Waals surface area contributed by atoms with Gasteiger partial charge in [0, 0.05) is 25.0 Å². The van der Waals surface area contributed by atoms with Gasteiger partial charge >= 0.3 is 0 Å². The smallest absolute Gasteiger partial charge is 0.120 e. The lowest BCUT2D eigenvalue weighted by molar-refractivity contribution is 0.239. The molecule has 1 aliphatic heterocycles. The Hall–Kier alpha value is -1.81. The number of imidazole rings is 1. The van der Waals surface area contributed by atoms with Crippen LogP contribution in [0.2, 0.25) is 0 Å². The van der Waals surface area contributed by atoms with Gasteiger partial charge in [-0.15, -0.1) is 0 Å². The van der Waals surface area contributed by atoms with Crippen LogP contribution in [-0.4, -0.2) is 28.5 Å². The summed E-state index contributed by atoms with van der Waals surface area (Å²) in [6, 6.07) is 6.37. The molecular weight excluding hydrogens is 238 g/mol. The molecule has 0 unspecified atom stereocenters. The number of nitrogens with zero attached hydrogens (tertiary/aromatic N) is 2. The maximum absolute atomic E-state index is 5.28. The van der Waals surface area contributed by atoms with E-state index in [0.717, 1.165) is 43.3 Å². The summed E-state index contributed by atoms with van der Waals surface area (Å²) in [5.41, 5.74) is 3.93. The van der Waals surface area contributed by atoms with Gasteiger partial charge in [0.1, 0.15) is 11.6 Å². The van der Waals surface area contributed by atoms with Crippen LogP contribution in [0.25, 0.3) is 0 Å². The summed E-state index contributed by atoms with van der Waals surface area (Å²) in [5.74, 6) is 2.00. The van der Waals surface area contributed by atoms with Gasteiger partial charge in [0.05, 0.1) is 13.7 Å². The fourth-order valence-electron chi connectivity index (χ4n) is 2.61. The zero-order valence-corrected chi connectivity index (χ0v) is 11.4. The van der Waals surface area contributed by atoms with Gasteiger partial charge in [-0.25, -0.2) is 4.98 Å². The van der Waals surface area contributed by atoms with Crippen molar-refractivity contribution in [2.75, 3.05) is 13.7 Å². The number of benzene rings is 1. The molecule has 1 aliphatic rings. The largest absolute Gasteiger partial charge is 0.497 e. The summed E-state index contributed by atoms with van der Waals surface area (Å²) in [4.78, 5) is 10.1. The Morgan fingerprint density at radius 3 is 3.00 bits per heavy atom. The zero-order valence-electron chi connectivity index (χ0n) is 11.4. The molecule has 0 saturated carbocycles. The highest BCUT2D eigenvalue weighted by Gasteiger charge is 2.17. The minimum Gasteiger partial charge on any atom is -0.497 e. The first-order valence-electron chi connectivity index (χ1n) is 6.63. The van der Waals surface area contributed by atoms with E-state index in [2.05, 4.69) is 27.0 Å². The van der Waals surface area contributed by atoms with Crippen molar-refractivity contribution in [3.05, 3.63) is 47.0 Å². The summed E-state index contributed by atoms with van der Waals surface area (Å²) in [6.45, 7) is 4.98. The molecule has 0 bridgehead atoms. The lowest BCUT2D eigenvalue weighted by Gasteiger charge is -2.28. The lowest BCUT2D eigenvalue weighted by atomic mass is 9.99. The number of hydrogen-bond acceptors (Lipinski definition) is 3. The van der Waals surface area contributed by atoms with Crippen LogP contribution < -0.4 is 4.74 Å². The third kappa shape index (κ3) is 2.63. The highest BCUT2D eigenvalue weighted by Crippen LogP contribution is 2.24. The average Bonchev–Trinajstić information content (AvgIpc) is 2.83. The molecule has 2 heterocycles. The van der Waals surface area contributed by atoms with E-state index in [1.807, 2.05) is 19.2 Å². The first-order valence-corrected chi connectivity index (χ1v) is 6.63. The monoisotopic (exact) mass is 257 g/mol. The molecule has 0 amide bonds. The molecule has 0 radical (unpaired) electrons. The van der Waals surface area contributed by atoms with Crippen LogP contribution in [0.3, 0.4) is 0 Å². The third-order valence-electron chi connectivity index (χ3n) is 3.63. The summed E-state index contributed by atoms with van der Waals surface area (Å²) >= 11 is 0. The fraction of sp³-hybridized carbons (Fsp3) is 0.400. The minimum atomic E-state index is 0.888. The number of aromatic nitrogens is 2. The second-order valence-corrected chi connectivity index (χ2v) is 5.11. The van der Waals surface area contributed by atoms with E-state index in [1.165, 1.54) is 11.1 Å². The SMILES string of the molecule is COc1ccc2c(c1)CCN(Cc1ncc(C)[nH]1)C2. The van der Waals surface area contributed by atoms with Gasteiger partial charge in [-0.3, -0.25) is 4.90 Å². The molecule has 19 heavy (non-hydrogen) atoms. The van der Waals surface area contributed by atoms with E-state index in [-0.39, 0.29) is 0 Å². The van der Waals surface area contributed by atoms with Crippen LogP contribution in [0.15, 0.2) is 24.4 Å². The van der Waals surface area contributed by atoms with Gasteiger partial charge in [-0.05, 0) is 36.6 Å². The van der Waals surface area contributed by atoms with E-state index in [1.54, 1.807) is 7.11 Å². The van der Waals surface area contributed by atoms with E-state index in [4.69, 9.17) is 4.74 Å². The Morgan fingerprint density at radius 2 is 2.26 bits per heavy atom. The number of aryl methyl sites for hydroxylation is 1. The number of nitrogens with one attached hydrogen (secondary N) is 1. The summed E-state index contributed by atoms with van der Waals surface area (Å²) in [6.07, 6.45) is 2.96. The Bertz CT molecular complexity index is 577. The zero-order chi connectivity index (χ0) is 13.2. The summed E-state index contributed by atoms with van der Waals surface area (Å²) in [7, 11) is 1.72. The molecule has 0 saturated heterocycles. The van der Waals surface area contributed by atoms with Crippen LogP contribution in [-0.2, 0) is 19.5 Å². The normalized spacial score (nSPS) is 15.3. The number of methoxy groups -OCH3 is 1. The fourth-order valence-corrected chi connectivity index (χ4v) is 2.61. The van der Waals surface area contributed by atoms with Crippen molar-refractivity contribution in [3.63, 3.8) is 0 Å². The third-order valence-corrected chi connectivity index (χ3v) is 3.63. The maximum atomic E-state index is 5.28. The van der Waals surface area contributed by atoms with Crippen molar-refractivity contribution in [1.82, 2.24) is 14.9 Å². The molecule has 0 fully saturated rings. The minimum absolute atomic E-state index is 0.888. The number of aromatic amines is 1. The number of fused-ring (bicyclic) bond motifs is 1. The Labute approximate surface area is 113 Å². The molecule has 0 aliphatic carbocycles. The van der Waals surface area contributed by atoms with E-state index < -0.39 is 0 Å². The Kier molecular flexibility index (Phi) is 3.25. The summed E-state index contributed by atoms with van der Waals surface area (Å²) in [5, 5.41) is 0. The first-order chi connectivity index (χ1) is 9.24. The molecule has 2 aromatic rings. The van der Waals surface area contributed by atoms with Crippen LogP contribution in [0.5, 0.6) is 5.75 Å². The van der Waals surface area contributed by atoms with Crippen molar-refractivity contribution in [3.8, 4) is 5.75 Å². The maximum Gasteiger partial charge on any atom is 0.120 e. The number of hydrogen-bond donors (Lipinski definition) is 1. The van der Waals surface area contributed by atoms with Gasteiger partial charge in [0.2, 0.25) is 0 Å². The van der Waals surface area contributed by atoms with Gasteiger partial charge in [0.25, 0.3) is 0 Å². The molecular formula is C15H19N3O. The lowest BCUT2D eigenvalue weighted by Crippen LogP contribution is -2.30. The predicted octanol–water partition coefficient (Wildman–Crippen LogP) is 2.29. The summed E-state index contributed by atoms with van der Waals surface area (Å²) < 4.78 is 5.28. The molecule has 4 heteroatoms. The topological polar surface area (TPSA) is 41.1 Å². The number of ether oxygens (including phenoxy) is 1. The van der Waals surface area contributed by atoms with Gasteiger partial charge in [-0.1, -0.05) is 6.07 Å². The highest BCUT2D eigenvalue weighted by atomic mass is 16.5. The quantitative estimate of drug-likeness (QED) is 0.917. The van der Waals surface area contributed by atoms with Crippen LogP contribution in [0.1, 0.15) is 22.6 Å². The number of rotatable bonds is 3. The molecule has 4 nitrogen and oxygen atoms in total. The molecule has 3 rings (SSSR count). The van der Waals surface area contributed by atoms with Crippen molar-refractivity contribution in [2.45, 2.75) is 26.4 Å². The van der Waals surface area contributed by atoms with Crippen molar-refractivity contribution >= 4 is 0 Å². The molecule has 100 valence electrons. The molecule has 1 aromatic heterocycles. The van der Waals surface area contributed by atoms with Crippen LogP contribution in [0, 0.1) is 6.92 Å². The second-order valence-electron chi connectivity index (χ2n) is 5.11. The molecule has 1 aromatic carbocycles. The standard InChI is InChI=1S/C15H19N3O/c1-11-8-16-15(17-11)10-18-6-5-12-7-14(19-2)4-3-13(12)9-18/h3-4,7-8H,5-6,9-10H2,1-2H3,(H,16,17). The second kappa shape index (κ2) is 5.05. The average molecular weight is 257 g/mol. The van der Waals surface area contributed by atoms with E-state index in [0.29, 0.717) is 0 Å². The van der Waals surface area contributed by atoms with Gasteiger partial charge < -0.3 is 9.72 Å². The highest BCUT2D eigenvalue weighted by molar-refractivity contribution is 5.37. The van der Waals surface area contributed by atoms with Crippen molar-refractivity contribution in [1.29, 1.82) is 0 Å². The van der Waals surface area contributed by atoms with Gasteiger partial charge in [0.15, 0.2) is 0 Å². The van der Waals surface area contributed by atoms with Crippen LogP contribution >= 0.6 is 0 Å². The van der Waals surface area contributed by atoms with Crippen LogP contribution in [0.4, 0.5) is 0 Å². The molecule has 0 spiro atoms.